The van der Waals surface area contributed by atoms with E-state index >= 15 is 0 Å². The van der Waals surface area contributed by atoms with Crippen LogP contribution in [0.4, 0.5) is 5.95 Å². The van der Waals surface area contributed by atoms with Gasteiger partial charge in [0.15, 0.2) is 0 Å². The second kappa shape index (κ2) is 14.2. The Morgan fingerprint density at radius 1 is 0.846 bits per heavy atom. The Kier molecular flexibility index (Phi) is 11.0. The summed E-state index contributed by atoms with van der Waals surface area (Å²) in [4.78, 5) is 10.5. The molecule has 12 heteroatoms. The molecule has 0 saturated heterocycles. The molecule has 0 radical (unpaired) electrons. The Morgan fingerprint density at radius 2 is 1.33 bits per heavy atom. The monoisotopic (exact) mass is 561 g/mol. The lowest BCUT2D eigenvalue weighted by atomic mass is 10.0. The summed E-state index contributed by atoms with van der Waals surface area (Å²) in [7, 11) is 2.84. The summed E-state index contributed by atoms with van der Waals surface area (Å²) >= 11 is 0. The molecule has 39 heavy (non-hydrogen) atoms. The number of rotatable bonds is 15. The molecule has 0 unspecified atom stereocenters. The van der Waals surface area contributed by atoms with Crippen molar-refractivity contribution in [2.24, 2.45) is 0 Å². The fourth-order valence-corrected chi connectivity index (χ4v) is 4.33. The average molecular weight is 562 g/mol. The number of ether oxygens (including phenoxy) is 4. The summed E-state index contributed by atoms with van der Waals surface area (Å²) in [6, 6.07) is 14.5. The van der Waals surface area contributed by atoms with Gasteiger partial charge in [-0.1, -0.05) is 24.3 Å². The molecule has 3 rings (SSSR count). The first-order valence-electron chi connectivity index (χ1n) is 12.1. The summed E-state index contributed by atoms with van der Waals surface area (Å²) in [5.74, 6) is 1.86. The molecule has 0 spiro atoms. The molecule has 1 N–H and O–H groups in total. The third kappa shape index (κ3) is 9.15. The van der Waals surface area contributed by atoms with Crippen molar-refractivity contribution in [1.82, 2.24) is 9.97 Å². The zero-order valence-electron chi connectivity index (χ0n) is 22.7. The van der Waals surface area contributed by atoms with Gasteiger partial charge in [-0.05, 0) is 35.4 Å². The SMILES string of the molecule is COc1ccc(CO[C@H]([C@H](OCc2ccc(OC)cc2)c2cnc(N(C)C)nc2)[C@@H](CO)OS(C)(=O)=O)cc1. The van der Waals surface area contributed by atoms with Crippen molar-refractivity contribution >= 4 is 16.1 Å². The highest BCUT2D eigenvalue weighted by Crippen LogP contribution is 2.30. The third-order valence-corrected chi connectivity index (χ3v) is 6.32. The van der Waals surface area contributed by atoms with Crippen LogP contribution in [-0.2, 0) is 37.0 Å². The predicted molar refractivity (Wildman–Crippen MR) is 145 cm³/mol. The Labute approximate surface area is 229 Å². The van der Waals surface area contributed by atoms with Gasteiger partial charge >= 0.3 is 0 Å². The maximum absolute atomic E-state index is 12.1. The van der Waals surface area contributed by atoms with Gasteiger partial charge in [0, 0.05) is 32.1 Å². The molecule has 0 aliphatic heterocycles. The van der Waals surface area contributed by atoms with E-state index in [-0.39, 0.29) is 13.2 Å². The van der Waals surface area contributed by atoms with E-state index in [0.29, 0.717) is 23.0 Å². The lowest BCUT2D eigenvalue weighted by molar-refractivity contribution is -0.135. The van der Waals surface area contributed by atoms with E-state index in [0.717, 1.165) is 17.4 Å². The topological polar surface area (TPSA) is 130 Å². The minimum atomic E-state index is -3.94. The number of aliphatic hydroxyl groups excluding tert-OH is 1. The van der Waals surface area contributed by atoms with Crippen LogP contribution in [0.3, 0.4) is 0 Å². The molecule has 3 atom stereocenters. The van der Waals surface area contributed by atoms with Gasteiger partial charge in [0.05, 0.1) is 40.3 Å². The van der Waals surface area contributed by atoms with E-state index in [1.807, 2.05) is 50.5 Å². The fraction of sp³-hybridized carbons (Fsp3) is 0.407. The second-order valence-electron chi connectivity index (χ2n) is 8.94. The molecule has 0 fully saturated rings. The first kappa shape index (κ1) is 30.3. The van der Waals surface area contributed by atoms with Crippen LogP contribution in [0, 0.1) is 0 Å². The van der Waals surface area contributed by atoms with Gasteiger partial charge in [-0.25, -0.2) is 9.97 Å². The lowest BCUT2D eigenvalue weighted by Crippen LogP contribution is -2.41. The van der Waals surface area contributed by atoms with Crippen molar-refractivity contribution in [3.05, 3.63) is 77.6 Å². The van der Waals surface area contributed by atoms with Crippen molar-refractivity contribution < 1.29 is 36.7 Å². The fourth-order valence-electron chi connectivity index (χ4n) is 3.72. The number of benzene rings is 2. The highest BCUT2D eigenvalue weighted by molar-refractivity contribution is 7.86. The first-order chi connectivity index (χ1) is 18.6. The van der Waals surface area contributed by atoms with Crippen molar-refractivity contribution in [2.75, 3.05) is 46.1 Å². The highest BCUT2D eigenvalue weighted by Gasteiger charge is 2.36. The molecule has 0 saturated carbocycles. The zero-order valence-corrected chi connectivity index (χ0v) is 23.5. The Bertz CT molecular complexity index is 1250. The minimum Gasteiger partial charge on any atom is -0.497 e. The van der Waals surface area contributed by atoms with E-state index in [9.17, 15) is 13.5 Å². The summed E-state index contributed by atoms with van der Waals surface area (Å²) in [5.41, 5.74) is 2.15. The van der Waals surface area contributed by atoms with E-state index in [2.05, 4.69) is 9.97 Å². The summed E-state index contributed by atoms with van der Waals surface area (Å²) in [6.45, 7) is -0.416. The summed E-state index contributed by atoms with van der Waals surface area (Å²) in [5, 5.41) is 10.2. The second-order valence-corrected chi connectivity index (χ2v) is 10.5. The summed E-state index contributed by atoms with van der Waals surface area (Å²) < 4.78 is 52.4. The molecule has 3 aromatic rings. The molecule has 1 heterocycles. The Hall–Kier alpha value is -3.29. The van der Waals surface area contributed by atoms with Crippen LogP contribution in [0.25, 0.3) is 0 Å². The maximum Gasteiger partial charge on any atom is 0.264 e. The Morgan fingerprint density at radius 3 is 1.74 bits per heavy atom. The van der Waals surface area contributed by atoms with Crippen LogP contribution in [0.15, 0.2) is 60.9 Å². The maximum atomic E-state index is 12.1. The molecule has 1 aromatic heterocycles. The van der Waals surface area contributed by atoms with Crippen molar-refractivity contribution in [3.63, 3.8) is 0 Å². The molecular weight excluding hydrogens is 526 g/mol. The van der Waals surface area contributed by atoms with E-state index in [1.54, 1.807) is 43.6 Å². The van der Waals surface area contributed by atoms with Gasteiger partial charge in [-0.15, -0.1) is 0 Å². The standard InChI is InChI=1S/C27H35N3O8S/c1-30(2)27-28-14-21(15-29-27)25(36-17-19-6-10-22(34-3)11-7-19)26(24(16-31)38-39(5,32)33)37-18-20-8-12-23(35-4)13-9-20/h6-15,24-26,31H,16-18H2,1-5H3/t24-,25-,26+/m1/s1. The lowest BCUT2D eigenvalue weighted by Gasteiger charge is -2.32. The molecule has 11 nitrogen and oxygen atoms in total. The van der Waals surface area contributed by atoms with Crippen LogP contribution in [0.1, 0.15) is 22.8 Å². The van der Waals surface area contributed by atoms with Crippen LogP contribution in [-0.4, -0.2) is 76.9 Å². The van der Waals surface area contributed by atoms with E-state index in [4.69, 9.17) is 23.1 Å². The van der Waals surface area contributed by atoms with Crippen LogP contribution in [0.5, 0.6) is 11.5 Å². The van der Waals surface area contributed by atoms with E-state index < -0.39 is 35.0 Å². The van der Waals surface area contributed by atoms with E-state index in [1.165, 1.54) is 0 Å². The number of nitrogens with zero attached hydrogens (tertiary/aromatic N) is 3. The predicted octanol–water partition coefficient (Wildman–Crippen LogP) is 2.74. The van der Waals surface area contributed by atoms with Crippen LogP contribution in [0.2, 0.25) is 0 Å². The zero-order chi connectivity index (χ0) is 28.4. The molecule has 0 amide bonds. The van der Waals surface area contributed by atoms with Gasteiger partial charge < -0.3 is 29.0 Å². The molecule has 0 aliphatic carbocycles. The normalized spacial score (nSPS) is 13.9. The minimum absolute atomic E-state index is 0.0807. The van der Waals surface area contributed by atoms with Gasteiger partial charge in [-0.2, -0.15) is 8.42 Å². The van der Waals surface area contributed by atoms with Crippen molar-refractivity contribution in [3.8, 4) is 11.5 Å². The van der Waals surface area contributed by atoms with Gasteiger partial charge in [-0.3, -0.25) is 4.18 Å². The Balaban J connectivity index is 1.97. The molecular formula is C27H35N3O8S. The number of aliphatic hydroxyl groups is 1. The molecule has 0 aliphatic rings. The average Bonchev–Trinajstić information content (AvgIpc) is 2.93. The molecule has 2 aromatic carbocycles. The van der Waals surface area contributed by atoms with Crippen molar-refractivity contribution in [1.29, 1.82) is 0 Å². The smallest absolute Gasteiger partial charge is 0.264 e. The molecule has 0 bridgehead atoms. The van der Waals surface area contributed by atoms with Gasteiger partial charge in [0.1, 0.15) is 29.8 Å². The van der Waals surface area contributed by atoms with Gasteiger partial charge in [0.25, 0.3) is 10.1 Å². The third-order valence-electron chi connectivity index (χ3n) is 5.72. The number of hydrogen-bond acceptors (Lipinski definition) is 11. The van der Waals surface area contributed by atoms with Gasteiger partial charge in [0.2, 0.25) is 5.95 Å². The highest BCUT2D eigenvalue weighted by atomic mass is 32.2. The number of aromatic nitrogens is 2. The number of hydrogen-bond donors (Lipinski definition) is 1. The number of methoxy groups -OCH3 is 2. The number of anilines is 1. The molecule has 212 valence electrons. The van der Waals surface area contributed by atoms with Crippen molar-refractivity contribution in [2.45, 2.75) is 31.5 Å². The first-order valence-corrected chi connectivity index (χ1v) is 13.9. The van der Waals surface area contributed by atoms with Crippen LogP contribution < -0.4 is 14.4 Å². The van der Waals surface area contributed by atoms with Crippen LogP contribution >= 0.6 is 0 Å². The summed E-state index contributed by atoms with van der Waals surface area (Å²) in [6.07, 6.45) is 0.851. The quantitative estimate of drug-likeness (QED) is 0.275. The largest absolute Gasteiger partial charge is 0.497 e.